The molecule has 6 heteroatoms. The number of amides is 1. The number of pyridine rings is 1. The van der Waals surface area contributed by atoms with Crippen molar-refractivity contribution < 1.29 is 4.79 Å². The van der Waals surface area contributed by atoms with Crippen LogP contribution < -0.4 is 10.6 Å². The van der Waals surface area contributed by atoms with Gasteiger partial charge in [-0.2, -0.15) is 0 Å². The van der Waals surface area contributed by atoms with Crippen LogP contribution in [0.25, 0.3) is 0 Å². The molecule has 21 heavy (non-hydrogen) atoms. The Labute approximate surface area is 140 Å². The second-order valence-corrected chi connectivity index (χ2v) is 6.22. The van der Waals surface area contributed by atoms with E-state index in [1.54, 1.807) is 6.20 Å². The molecule has 0 radical (unpaired) electrons. The molecule has 4 nitrogen and oxygen atoms in total. The van der Waals surface area contributed by atoms with Gasteiger partial charge in [0.2, 0.25) is 5.91 Å². The molecule has 0 aliphatic heterocycles. The molecule has 0 aliphatic carbocycles. The zero-order valence-electron chi connectivity index (χ0n) is 11.3. The molecule has 0 unspecified atom stereocenters. The molecular weight excluding hydrogens is 398 g/mol. The number of hydrogen-bond acceptors (Lipinski definition) is 3. The van der Waals surface area contributed by atoms with E-state index in [4.69, 9.17) is 0 Å². The van der Waals surface area contributed by atoms with E-state index >= 15 is 0 Å². The third kappa shape index (κ3) is 5.57. The van der Waals surface area contributed by atoms with Crippen LogP contribution in [0, 0.1) is 0 Å². The summed E-state index contributed by atoms with van der Waals surface area (Å²) in [7, 11) is 0. The van der Waals surface area contributed by atoms with Gasteiger partial charge in [-0.15, -0.1) is 0 Å². The summed E-state index contributed by atoms with van der Waals surface area (Å²) in [6, 6.07) is 11.8. The normalized spacial score (nSPS) is 10.4. The van der Waals surface area contributed by atoms with Crippen molar-refractivity contribution >= 4 is 37.8 Å². The largest absolute Gasteiger partial charge is 0.351 e. The first-order chi connectivity index (χ1) is 10.1. The van der Waals surface area contributed by atoms with Gasteiger partial charge in [-0.1, -0.05) is 30.3 Å². The van der Waals surface area contributed by atoms with Crippen molar-refractivity contribution in [3.63, 3.8) is 0 Å². The van der Waals surface area contributed by atoms with Gasteiger partial charge < -0.3 is 10.6 Å². The Bertz CT molecular complexity index is 605. The summed E-state index contributed by atoms with van der Waals surface area (Å²) in [6.45, 7) is 1.34. The highest BCUT2D eigenvalue weighted by Gasteiger charge is 2.04. The number of nitrogens with zero attached hydrogens (tertiary/aromatic N) is 1. The second-order valence-electron chi connectivity index (χ2n) is 4.45. The maximum absolute atomic E-state index is 11.7. The van der Waals surface area contributed by atoms with E-state index in [1.807, 2.05) is 36.4 Å². The maximum atomic E-state index is 11.7. The number of carbonyl (C=O) groups excluding carboxylic acids is 1. The highest BCUT2D eigenvalue weighted by atomic mass is 79.9. The van der Waals surface area contributed by atoms with Crippen LogP contribution >= 0.6 is 31.9 Å². The monoisotopic (exact) mass is 411 g/mol. The summed E-state index contributed by atoms with van der Waals surface area (Å²) < 4.78 is 1.83. The number of rotatable bonds is 6. The summed E-state index contributed by atoms with van der Waals surface area (Å²) >= 11 is 6.80. The van der Waals surface area contributed by atoms with Crippen LogP contribution in [-0.2, 0) is 17.9 Å². The average molecular weight is 413 g/mol. The van der Waals surface area contributed by atoms with Gasteiger partial charge >= 0.3 is 0 Å². The zero-order chi connectivity index (χ0) is 15.1. The second kappa shape index (κ2) is 8.26. The van der Waals surface area contributed by atoms with Crippen molar-refractivity contribution in [2.24, 2.45) is 0 Å². The van der Waals surface area contributed by atoms with Gasteiger partial charge in [-0.3, -0.25) is 9.78 Å². The summed E-state index contributed by atoms with van der Waals surface area (Å²) in [4.78, 5) is 16.0. The molecule has 2 N–H and O–H groups in total. The predicted molar refractivity (Wildman–Crippen MR) is 89.6 cm³/mol. The molecule has 0 saturated heterocycles. The number of nitrogens with one attached hydrogen (secondary N) is 2. The quantitative estimate of drug-likeness (QED) is 0.766. The molecule has 0 spiro atoms. The van der Waals surface area contributed by atoms with Crippen LogP contribution in [0.1, 0.15) is 11.3 Å². The van der Waals surface area contributed by atoms with Gasteiger partial charge in [-0.25, -0.2) is 0 Å². The number of aromatic nitrogens is 1. The van der Waals surface area contributed by atoms with E-state index in [-0.39, 0.29) is 12.5 Å². The van der Waals surface area contributed by atoms with Crippen LogP contribution in [0.3, 0.4) is 0 Å². The van der Waals surface area contributed by atoms with Gasteiger partial charge in [0.25, 0.3) is 0 Å². The Morgan fingerprint density at radius 2 is 1.90 bits per heavy atom. The number of carbonyl (C=O) groups is 1. The minimum Gasteiger partial charge on any atom is -0.351 e. The molecule has 0 fully saturated rings. The molecule has 2 aromatic rings. The molecule has 110 valence electrons. The Balaban J connectivity index is 1.72. The summed E-state index contributed by atoms with van der Waals surface area (Å²) in [6.07, 6.45) is 1.73. The molecule has 0 atom stereocenters. The minimum atomic E-state index is -0.0351. The fourth-order valence-electron chi connectivity index (χ4n) is 1.73. The van der Waals surface area contributed by atoms with E-state index in [1.165, 1.54) is 0 Å². The van der Waals surface area contributed by atoms with Crippen LogP contribution in [-0.4, -0.2) is 17.4 Å². The fourth-order valence-corrected chi connectivity index (χ4v) is 2.85. The lowest BCUT2D eigenvalue weighted by Crippen LogP contribution is -2.33. The fraction of sp³-hybridized carbons (Fsp3) is 0.200. The molecule has 0 bridgehead atoms. The Hall–Kier alpha value is -1.24. The predicted octanol–water partition coefficient (Wildman–Crippen LogP) is 3.01. The summed E-state index contributed by atoms with van der Waals surface area (Å²) in [5, 5.41) is 5.95. The molecule has 1 aromatic heterocycles. The number of hydrogen-bond donors (Lipinski definition) is 2. The number of benzene rings is 1. The van der Waals surface area contributed by atoms with Crippen molar-refractivity contribution in [2.75, 3.05) is 6.54 Å². The minimum absolute atomic E-state index is 0.0351. The first-order valence-corrected chi connectivity index (χ1v) is 8.05. The van der Waals surface area contributed by atoms with Crippen molar-refractivity contribution in [1.82, 2.24) is 15.6 Å². The van der Waals surface area contributed by atoms with E-state index < -0.39 is 0 Å². The smallest absolute Gasteiger partial charge is 0.234 e. The van der Waals surface area contributed by atoms with Gasteiger partial charge in [0.1, 0.15) is 0 Å². The lowest BCUT2D eigenvalue weighted by molar-refractivity contribution is -0.120. The topological polar surface area (TPSA) is 54.0 Å². The summed E-state index contributed by atoms with van der Waals surface area (Å²) in [5.74, 6) is -0.0351. The number of halogens is 2. The SMILES string of the molecule is O=C(CNCc1ncc(Br)cc1Br)NCc1ccccc1. The van der Waals surface area contributed by atoms with Gasteiger partial charge in [0.15, 0.2) is 0 Å². The molecule has 0 aliphatic rings. The van der Waals surface area contributed by atoms with E-state index in [9.17, 15) is 4.79 Å². The Kier molecular flexibility index (Phi) is 6.35. The highest BCUT2D eigenvalue weighted by Crippen LogP contribution is 2.19. The zero-order valence-corrected chi connectivity index (χ0v) is 14.4. The van der Waals surface area contributed by atoms with Crippen LogP contribution in [0.5, 0.6) is 0 Å². The van der Waals surface area contributed by atoms with E-state index in [2.05, 4.69) is 47.5 Å². The van der Waals surface area contributed by atoms with E-state index in [0.29, 0.717) is 13.1 Å². The van der Waals surface area contributed by atoms with Gasteiger partial charge in [0, 0.05) is 28.2 Å². The molecule has 2 rings (SSSR count). The van der Waals surface area contributed by atoms with Crippen LogP contribution in [0.15, 0.2) is 51.5 Å². The van der Waals surface area contributed by atoms with Crippen molar-refractivity contribution in [1.29, 1.82) is 0 Å². The average Bonchev–Trinajstić information content (AvgIpc) is 2.48. The first-order valence-electron chi connectivity index (χ1n) is 6.46. The standard InChI is InChI=1S/C15H15Br2N3O/c16-12-6-13(17)14(19-8-12)9-18-10-15(21)20-7-11-4-2-1-3-5-11/h1-6,8,18H,7,9-10H2,(H,20,21). The van der Waals surface area contributed by atoms with Crippen LogP contribution in [0.4, 0.5) is 0 Å². The van der Waals surface area contributed by atoms with E-state index in [0.717, 1.165) is 20.2 Å². The van der Waals surface area contributed by atoms with Gasteiger partial charge in [-0.05, 0) is 43.5 Å². The lowest BCUT2D eigenvalue weighted by atomic mass is 10.2. The Morgan fingerprint density at radius 1 is 1.14 bits per heavy atom. The Morgan fingerprint density at radius 3 is 2.62 bits per heavy atom. The first kappa shape index (κ1) is 16.1. The molecule has 1 aromatic carbocycles. The van der Waals surface area contributed by atoms with Crippen LogP contribution in [0.2, 0.25) is 0 Å². The van der Waals surface area contributed by atoms with Crippen molar-refractivity contribution in [3.8, 4) is 0 Å². The molecule has 1 amide bonds. The molecule has 1 heterocycles. The maximum Gasteiger partial charge on any atom is 0.234 e. The third-order valence-electron chi connectivity index (χ3n) is 2.79. The lowest BCUT2D eigenvalue weighted by Gasteiger charge is -2.08. The van der Waals surface area contributed by atoms with Crippen molar-refractivity contribution in [3.05, 3.63) is 62.8 Å². The molecule has 0 saturated carbocycles. The summed E-state index contributed by atoms with van der Waals surface area (Å²) in [5.41, 5.74) is 1.96. The van der Waals surface area contributed by atoms with Crippen molar-refractivity contribution in [2.45, 2.75) is 13.1 Å². The van der Waals surface area contributed by atoms with Gasteiger partial charge in [0.05, 0.1) is 12.2 Å². The third-order valence-corrected chi connectivity index (χ3v) is 3.91. The highest BCUT2D eigenvalue weighted by molar-refractivity contribution is 9.11. The molecular formula is C15H15Br2N3O.